The number of halogens is 3. The lowest BCUT2D eigenvalue weighted by Crippen LogP contribution is -2.70. The molecule has 0 saturated heterocycles. The van der Waals surface area contributed by atoms with Gasteiger partial charge in [0.2, 0.25) is 0 Å². The summed E-state index contributed by atoms with van der Waals surface area (Å²) in [5, 5.41) is 16.7. The van der Waals surface area contributed by atoms with Crippen LogP contribution >= 0.6 is 11.6 Å². The molecule has 182 valence electrons. The highest BCUT2D eigenvalue weighted by Crippen LogP contribution is 2.47. The third kappa shape index (κ3) is 5.00. The van der Waals surface area contributed by atoms with Gasteiger partial charge >= 0.3 is 0 Å². The zero-order valence-electron chi connectivity index (χ0n) is 18.6. The highest BCUT2D eigenvalue weighted by Gasteiger charge is 2.55. The van der Waals surface area contributed by atoms with E-state index in [0.717, 1.165) is 6.07 Å². The first kappa shape index (κ1) is 24.3. The Hall–Kier alpha value is -2.78. The van der Waals surface area contributed by atoms with Crippen molar-refractivity contribution in [3.63, 3.8) is 0 Å². The summed E-state index contributed by atoms with van der Waals surface area (Å²) in [6, 6.07) is 6.92. The minimum atomic E-state index is -1.17. The monoisotopic (exact) mass is 493 g/mol. The first-order chi connectivity index (χ1) is 16.1. The number of rotatable bonds is 7. The smallest absolute Gasteiger partial charge is 0.270 e. The van der Waals surface area contributed by atoms with Crippen LogP contribution < -0.4 is 15.4 Å². The molecule has 3 saturated carbocycles. The van der Waals surface area contributed by atoms with Crippen molar-refractivity contribution in [2.75, 3.05) is 6.61 Å². The number of amides is 2. The Kier molecular flexibility index (Phi) is 6.78. The van der Waals surface area contributed by atoms with E-state index in [1.165, 1.54) is 37.4 Å². The predicted molar refractivity (Wildman–Crippen MR) is 121 cm³/mol. The Morgan fingerprint density at radius 2 is 1.97 bits per heavy atom. The van der Waals surface area contributed by atoms with Crippen LogP contribution in [-0.2, 0) is 4.79 Å². The van der Waals surface area contributed by atoms with E-state index in [-0.39, 0.29) is 35.4 Å². The van der Waals surface area contributed by atoms with E-state index < -0.39 is 35.1 Å². The van der Waals surface area contributed by atoms with Gasteiger partial charge in [-0.2, -0.15) is 0 Å². The summed E-state index contributed by atoms with van der Waals surface area (Å²) < 4.78 is 32.3. The molecule has 0 aliphatic heterocycles. The van der Waals surface area contributed by atoms with Gasteiger partial charge in [-0.1, -0.05) is 17.7 Å². The molecule has 2 atom stereocenters. The number of nitrogens with zero attached hydrogens (tertiary/aromatic N) is 1. The summed E-state index contributed by atoms with van der Waals surface area (Å²) in [7, 11) is 0. The van der Waals surface area contributed by atoms with Crippen LogP contribution in [-0.4, -0.2) is 45.7 Å². The summed E-state index contributed by atoms with van der Waals surface area (Å²) in [6.07, 6.45) is 1.67. The Morgan fingerprint density at radius 3 is 2.56 bits per heavy atom. The summed E-state index contributed by atoms with van der Waals surface area (Å²) in [5.41, 5.74) is -0.838. The molecular weight excluding hydrogens is 468 g/mol. The maximum Gasteiger partial charge on any atom is 0.270 e. The number of hydrogen-bond acceptors (Lipinski definition) is 5. The number of hydrogen-bond donors (Lipinski definition) is 3. The first-order valence-electron chi connectivity index (χ1n) is 11.1. The number of aromatic nitrogens is 1. The van der Waals surface area contributed by atoms with Crippen LogP contribution in [0.4, 0.5) is 8.78 Å². The third-order valence-corrected chi connectivity index (χ3v) is 7.13. The van der Waals surface area contributed by atoms with Crippen LogP contribution in [0.25, 0.3) is 0 Å². The zero-order valence-corrected chi connectivity index (χ0v) is 19.4. The number of benzene rings is 1. The predicted octanol–water partition coefficient (Wildman–Crippen LogP) is 3.65. The van der Waals surface area contributed by atoms with Gasteiger partial charge in [-0.3, -0.25) is 14.6 Å². The highest BCUT2D eigenvalue weighted by atomic mass is 35.5. The second-order valence-corrected chi connectivity index (χ2v) is 9.52. The second kappa shape index (κ2) is 9.46. The van der Waals surface area contributed by atoms with Crippen LogP contribution in [0.2, 0.25) is 5.02 Å². The van der Waals surface area contributed by atoms with E-state index in [1.807, 2.05) is 0 Å². The quantitative estimate of drug-likeness (QED) is 0.546. The van der Waals surface area contributed by atoms with Crippen molar-refractivity contribution in [2.24, 2.45) is 0 Å². The van der Waals surface area contributed by atoms with E-state index in [9.17, 15) is 23.5 Å². The largest absolute Gasteiger partial charge is 0.484 e. The number of alkyl halides is 1. The minimum Gasteiger partial charge on any atom is -0.484 e. The van der Waals surface area contributed by atoms with Gasteiger partial charge in [-0.15, -0.1) is 0 Å². The molecule has 3 N–H and O–H groups in total. The summed E-state index contributed by atoms with van der Waals surface area (Å²) >= 11 is 5.64. The van der Waals surface area contributed by atoms with Gasteiger partial charge in [-0.05, 0) is 57.2 Å². The fraction of sp³-hybridized carbons (Fsp3) is 0.458. The van der Waals surface area contributed by atoms with Gasteiger partial charge in [-0.25, -0.2) is 8.78 Å². The Balaban J connectivity index is 1.34. The van der Waals surface area contributed by atoms with E-state index in [1.54, 1.807) is 0 Å². The highest BCUT2D eigenvalue weighted by molar-refractivity contribution is 6.30. The maximum absolute atomic E-state index is 13.5. The average Bonchev–Trinajstić information content (AvgIpc) is 2.81. The van der Waals surface area contributed by atoms with Gasteiger partial charge in [0.25, 0.3) is 11.8 Å². The van der Waals surface area contributed by atoms with Crippen LogP contribution in [0.5, 0.6) is 5.75 Å². The molecule has 2 amide bonds. The molecule has 10 heteroatoms. The molecule has 2 bridgehead atoms. The second-order valence-electron chi connectivity index (χ2n) is 9.12. The van der Waals surface area contributed by atoms with E-state index in [2.05, 4.69) is 15.6 Å². The lowest BCUT2D eigenvalue weighted by molar-refractivity contribution is -0.132. The van der Waals surface area contributed by atoms with Crippen molar-refractivity contribution in [1.82, 2.24) is 15.6 Å². The fourth-order valence-corrected chi connectivity index (χ4v) is 4.89. The number of carbonyl (C=O) groups excluding carboxylic acids is 2. The van der Waals surface area contributed by atoms with Gasteiger partial charge in [0.05, 0.1) is 16.7 Å². The van der Waals surface area contributed by atoms with Gasteiger partial charge < -0.3 is 20.5 Å². The third-order valence-electron chi connectivity index (χ3n) is 6.83. The topological polar surface area (TPSA) is 101 Å². The molecule has 1 aromatic heterocycles. The van der Waals surface area contributed by atoms with Crippen LogP contribution in [0.3, 0.4) is 0 Å². The number of nitrogens with one attached hydrogen (secondary N) is 2. The lowest BCUT2D eigenvalue weighted by atomic mass is 9.60. The molecular formula is C24H26ClF2N3O4. The zero-order chi connectivity index (χ0) is 24.5. The Bertz CT molecular complexity index is 1070. The molecule has 1 heterocycles. The number of fused-ring (bicyclic) bond motifs is 3. The minimum absolute atomic E-state index is 0.0408. The van der Waals surface area contributed by atoms with Crippen molar-refractivity contribution in [3.05, 3.63) is 58.6 Å². The van der Waals surface area contributed by atoms with E-state index in [0.29, 0.717) is 31.2 Å². The Morgan fingerprint density at radius 1 is 1.24 bits per heavy atom. The van der Waals surface area contributed by atoms with Crippen molar-refractivity contribution in [1.29, 1.82) is 0 Å². The van der Waals surface area contributed by atoms with Crippen molar-refractivity contribution < 1.29 is 28.2 Å². The molecule has 2 aromatic rings. The fourth-order valence-electron chi connectivity index (χ4n) is 4.77. The van der Waals surface area contributed by atoms with Gasteiger partial charge in [0.15, 0.2) is 6.61 Å². The molecule has 3 aliphatic carbocycles. The van der Waals surface area contributed by atoms with E-state index in [4.69, 9.17) is 16.3 Å². The van der Waals surface area contributed by atoms with Crippen molar-refractivity contribution in [2.45, 2.75) is 62.4 Å². The summed E-state index contributed by atoms with van der Waals surface area (Å²) in [6.45, 7) is 1.06. The normalized spacial score (nSPS) is 26.6. The molecule has 1 aromatic carbocycles. The maximum atomic E-state index is 13.5. The number of ether oxygens (including phenoxy) is 1. The van der Waals surface area contributed by atoms with Crippen LogP contribution in [0, 0.1) is 5.82 Å². The molecule has 0 spiro atoms. The SMILES string of the molecule is CC(F)c1ccc(C(=O)NC23CCC(NC(=O)COc4ccc(Cl)c(F)c4)(CC2)[C@@H](O)C3)nc1. The summed E-state index contributed by atoms with van der Waals surface area (Å²) in [4.78, 5) is 29.3. The number of aliphatic hydroxyl groups excluding tert-OH is 1. The van der Waals surface area contributed by atoms with Gasteiger partial charge in [0, 0.05) is 23.4 Å². The molecule has 7 nitrogen and oxygen atoms in total. The average molecular weight is 494 g/mol. The van der Waals surface area contributed by atoms with Gasteiger partial charge in [0.1, 0.15) is 23.4 Å². The Labute approximate surface area is 200 Å². The van der Waals surface area contributed by atoms with Crippen LogP contribution in [0.1, 0.15) is 61.3 Å². The molecule has 3 fully saturated rings. The van der Waals surface area contributed by atoms with Crippen molar-refractivity contribution in [3.8, 4) is 5.75 Å². The summed E-state index contributed by atoms with van der Waals surface area (Å²) in [5.74, 6) is -1.28. The van der Waals surface area contributed by atoms with Crippen LogP contribution in [0.15, 0.2) is 36.5 Å². The number of carbonyl (C=O) groups is 2. The standard InChI is InChI=1S/C24H26ClF2N3O4/c1-14(26)15-2-5-19(28-12-15)22(33)30-23-6-8-24(9-7-23,20(31)11-23)29-21(32)13-34-16-3-4-17(25)18(27)10-16/h2-5,10,12,14,20,31H,6-9,11,13H2,1H3,(H,29,32)(H,30,33)/t14?,20-,23?,24?/m0/s1. The van der Waals surface area contributed by atoms with Crippen molar-refractivity contribution >= 4 is 23.4 Å². The molecule has 1 unspecified atom stereocenters. The molecule has 0 radical (unpaired) electrons. The molecule has 3 aliphatic rings. The van der Waals surface area contributed by atoms with E-state index >= 15 is 0 Å². The number of aliphatic hydroxyl groups is 1. The number of pyridine rings is 1. The lowest BCUT2D eigenvalue weighted by Gasteiger charge is -2.56. The molecule has 34 heavy (non-hydrogen) atoms. The molecule has 5 rings (SSSR count). The first-order valence-corrected chi connectivity index (χ1v) is 11.5.